The molecule has 1 aliphatic carbocycles. The van der Waals surface area contributed by atoms with Gasteiger partial charge in [0.2, 0.25) is 0 Å². The average Bonchev–Trinajstić information content (AvgIpc) is 3.48. The van der Waals surface area contributed by atoms with Gasteiger partial charge >= 0.3 is 0 Å². The van der Waals surface area contributed by atoms with Gasteiger partial charge in [0.15, 0.2) is 0 Å². The number of nitrogens with zero attached hydrogens (tertiary/aromatic N) is 2. The monoisotopic (exact) mass is 704 g/mol. The van der Waals surface area contributed by atoms with Gasteiger partial charge in [-0.05, 0) is 140 Å². The summed E-state index contributed by atoms with van der Waals surface area (Å²) >= 11 is 0. The summed E-state index contributed by atoms with van der Waals surface area (Å²) in [5, 5.41) is 5.47. The van der Waals surface area contributed by atoms with Crippen LogP contribution in [-0.2, 0) is 5.41 Å². The van der Waals surface area contributed by atoms with E-state index in [-0.39, 0.29) is 5.41 Å². The van der Waals surface area contributed by atoms with Crippen LogP contribution in [0.25, 0.3) is 43.8 Å². The molecule has 0 N–H and O–H groups in total. The van der Waals surface area contributed by atoms with Crippen molar-refractivity contribution < 1.29 is 0 Å². The summed E-state index contributed by atoms with van der Waals surface area (Å²) < 4.78 is 0. The Morgan fingerprint density at radius 3 is 1.13 bits per heavy atom. The zero-order valence-electron chi connectivity index (χ0n) is 31.0. The number of anilines is 6. The summed E-state index contributed by atoms with van der Waals surface area (Å²) in [6, 6.07) is 74.7. The Hall–Kier alpha value is -6.90. The van der Waals surface area contributed by atoms with E-state index >= 15 is 0 Å². The normalized spacial score (nSPS) is 12.7. The molecule has 9 aromatic carbocycles. The van der Waals surface area contributed by atoms with E-state index in [4.69, 9.17) is 0 Å². The molecule has 262 valence electrons. The van der Waals surface area contributed by atoms with Crippen LogP contribution in [0.5, 0.6) is 0 Å². The Bertz CT molecular complexity index is 2750. The first-order valence-electron chi connectivity index (χ1n) is 19.1. The number of benzene rings is 9. The van der Waals surface area contributed by atoms with E-state index in [1.165, 1.54) is 54.9 Å². The molecule has 0 saturated carbocycles. The molecule has 0 fully saturated rings. The minimum atomic E-state index is -0.0413. The molecule has 0 unspecified atom stereocenters. The first kappa shape index (κ1) is 32.7. The second-order valence-corrected chi connectivity index (χ2v) is 15.0. The number of hydrogen-bond donors (Lipinski definition) is 0. The summed E-state index contributed by atoms with van der Waals surface area (Å²) in [5.74, 6) is 0. The van der Waals surface area contributed by atoms with Crippen LogP contribution in [-0.4, -0.2) is 0 Å². The van der Waals surface area contributed by atoms with Gasteiger partial charge in [0.05, 0.1) is 0 Å². The van der Waals surface area contributed by atoms with Crippen molar-refractivity contribution in [3.63, 3.8) is 0 Å². The second kappa shape index (κ2) is 13.2. The molecule has 0 aliphatic heterocycles. The van der Waals surface area contributed by atoms with Crippen LogP contribution in [0, 0.1) is 0 Å². The third kappa shape index (κ3) is 5.66. The Morgan fingerprint density at radius 1 is 0.291 bits per heavy atom. The van der Waals surface area contributed by atoms with Crippen LogP contribution < -0.4 is 9.80 Å². The average molecular weight is 705 g/mol. The van der Waals surface area contributed by atoms with Gasteiger partial charge in [-0.3, -0.25) is 0 Å². The third-order valence-electron chi connectivity index (χ3n) is 11.4. The Morgan fingerprint density at radius 2 is 0.673 bits per heavy atom. The molecule has 10 rings (SSSR count). The van der Waals surface area contributed by atoms with E-state index in [2.05, 4.69) is 230 Å². The van der Waals surface area contributed by atoms with E-state index in [0.29, 0.717) is 0 Å². The molecule has 0 amide bonds. The molecule has 0 spiro atoms. The largest absolute Gasteiger partial charge is 0.311 e. The lowest BCUT2D eigenvalue weighted by Gasteiger charge is -2.26. The highest BCUT2D eigenvalue weighted by Gasteiger charge is 2.34. The highest BCUT2D eigenvalue weighted by Crippen LogP contribution is 2.50. The smallest absolute Gasteiger partial charge is 0.0462 e. The Kier molecular flexibility index (Phi) is 7.85. The van der Waals surface area contributed by atoms with Crippen molar-refractivity contribution in [3.8, 4) is 22.3 Å². The lowest BCUT2D eigenvalue weighted by Crippen LogP contribution is -2.15. The van der Waals surface area contributed by atoms with E-state index in [1.54, 1.807) is 0 Å². The van der Waals surface area contributed by atoms with Crippen molar-refractivity contribution in [3.05, 3.63) is 217 Å². The van der Waals surface area contributed by atoms with Crippen LogP contribution in [0.3, 0.4) is 0 Å². The summed E-state index contributed by atoms with van der Waals surface area (Å²) in [4.78, 5) is 4.63. The minimum absolute atomic E-state index is 0.0413. The summed E-state index contributed by atoms with van der Waals surface area (Å²) in [7, 11) is 0. The highest BCUT2D eigenvalue weighted by atomic mass is 15.1. The van der Waals surface area contributed by atoms with Gasteiger partial charge in [-0.15, -0.1) is 0 Å². The van der Waals surface area contributed by atoms with Gasteiger partial charge in [0, 0.05) is 39.5 Å². The molecule has 0 radical (unpaired) electrons. The van der Waals surface area contributed by atoms with Crippen molar-refractivity contribution in [2.45, 2.75) is 19.3 Å². The molecule has 0 atom stereocenters. The summed E-state index contributed by atoms with van der Waals surface area (Å²) in [6.45, 7) is 4.74. The van der Waals surface area contributed by atoms with Crippen molar-refractivity contribution in [2.75, 3.05) is 9.80 Å². The van der Waals surface area contributed by atoms with Crippen molar-refractivity contribution >= 4 is 55.7 Å². The maximum Gasteiger partial charge on any atom is 0.0462 e. The quantitative estimate of drug-likeness (QED) is 0.145. The second-order valence-electron chi connectivity index (χ2n) is 15.0. The molecular formula is C53H40N2. The van der Waals surface area contributed by atoms with E-state index in [9.17, 15) is 0 Å². The van der Waals surface area contributed by atoms with Crippen LogP contribution in [0.2, 0.25) is 0 Å². The fraction of sp³-hybridized carbons (Fsp3) is 0.0566. The van der Waals surface area contributed by atoms with Crippen LogP contribution in [0.4, 0.5) is 34.1 Å². The first-order valence-corrected chi connectivity index (χ1v) is 19.1. The topological polar surface area (TPSA) is 6.48 Å². The fourth-order valence-electron chi connectivity index (χ4n) is 8.60. The SMILES string of the molecule is CC1(C)c2cccc3ccc4cc(-c5ccc(N(c6ccccc6)c6ccc(-c7ccc(N(c8ccccc8)c8ccccc8)cc7)cc6)cc5)cc1c4c23. The molecule has 9 aromatic rings. The highest BCUT2D eigenvalue weighted by molar-refractivity contribution is 6.15. The maximum atomic E-state index is 2.43. The molecule has 55 heavy (non-hydrogen) atoms. The molecule has 0 aromatic heterocycles. The lowest BCUT2D eigenvalue weighted by atomic mass is 9.81. The van der Waals surface area contributed by atoms with Crippen LogP contribution in [0.1, 0.15) is 25.0 Å². The van der Waals surface area contributed by atoms with E-state index in [1.807, 2.05) is 0 Å². The molecule has 0 saturated heterocycles. The van der Waals surface area contributed by atoms with Gasteiger partial charge in [-0.2, -0.15) is 0 Å². The van der Waals surface area contributed by atoms with Gasteiger partial charge in [0.1, 0.15) is 0 Å². The van der Waals surface area contributed by atoms with Crippen molar-refractivity contribution in [1.29, 1.82) is 0 Å². The van der Waals surface area contributed by atoms with Gasteiger partial charge in [0.25, 0.3) is 0 Å². The number of hydrogen-bond acceptors (Lipinski definition) is 2. The van der Waals surface area contributed by atoms with E-state index < -0.39 is 0 Å². The summed E-state index contributed by atoms with van der Waals surface area (Å²) in [6.07, 6.45) is 0. The molecule has 0 bridgehead atoms. The van der Waals surface area contributed by atoms with Gasteiger partial charge in [-0.25, -0.2) is 0 Å². The third-order valence-corrected chi connectivity index (χ3v) is 11.4. The lowest BCUT2D eigenvalue weighted by molar-refractivity contribution is 0.663. The number of para-hydroxylation sites is 3. The molecule has 1 aliphatic rings. The fourth-order valence-corrected chi connectivity index (χ4v) is 8.60. The van der Waals surface area contributed by atoms with Crippen molar-refractivity contribution in [1.82, 2.24) is 0 Å². The predicted molar refractivity (Wildman–Crippen MR) is 234 cm³/mol. The molecule has 0 heterocycles. The molecule has 2 heteroatoms. The van der Waals surface area contributed by atoms with Crippen molar-refractivity contribution in [2.24, 2.45) is 0 Å². The van der Waals surface area contributed by atoms with Crippen LogP contribution >= 0.6 is 0 Å². The van der Waals surface area contributed by atoms with Crippen LogP contribution in [0.15, 0.2) is 206 Å². The van der Waals surface area contributed by atoms with Gasteiger partial charge < -0.3 is 9.80 Å². The zero-order valence-corrected chi connectivity index (χ0v) is 31.0. The standard InChI is InChI=1S/C53H40N2/c1-53(2)49-20-12-13-40-21-22-41-35-42(36-50(53)52(41)51(40)49)39-27-33-48(34-28-39)55(45-18-10-5-11-19-45)47-31-25-38(26-32-47)37-23-29-46(30-24-37)54(43-14-6-3-7-15-43)44-16-8-4-9-17-44/h3-36H,1-2H3. The Labute approximate surface area is 323 Å². The minimum Gasteiger partial charge on any atom is -0.311 e. The first-order chi connectivity index (χ1) is 27.0. The van der Waals surface area contributed by atoms with Gasteiger partial charge in [-0.1, -0.05) is 135 Å². The molecule has 2 nitrogen and oxygen atoms in total. The maximum absolute atomic E-state index is 2.43. The molecular weight excluding hydrogens is 665 g/mol. The van der Waals surface area contributed by atoms with E-state index in [0.717, 1.165) is 34.1 Å². The number of rotatable bonds is 8. The zero-order chi connectivity index (χ0) is 36.9. The summed E-state index contributed by atoms with van der Waals surface area (Å²) in [5.41, 5.74) is 14.4. The predicted octanol–water partition coefficient (Wildman–Crippen LogP) is 14.9. The Balaban J connectivity index is 0.961.